The molecule has 2 nitrogen and oxygen atoms in total. The van der Waals surface area contributed by atoms with E-state index < -0.39 is 6.10 Å². The quantitative estimate of drug-likeness (QED) is 0.863. The van der Waals surface area contributed by atoms with Gasteiger partial charge in [-0.05, 0) is 35.9 Å². The Morgan fingerprint density at radius 2 is 2.25 bits per heavy atom. The summed E-state index contributed by atoms with van der Waals surface area (Å²) in [7, 11) is 0. The van der Waals surface area contributed by atoms with Crippen LogP contribution in [0.2, 0.25) is 5.22 Å². The van der Waals surface area contributed by atoms with Gasteiger partial charge in [0.2, 0.25) is 0 Å². The standard InChI is InChI=1S/C13H19ClO2/c1-2-9-5-3-4-6-10(9)12(15)11-7-8-16-13(11)14/h7-10,12,15H,2-6H2,1H3. The lowest BCUT2D eigenvalue weighted by molar-refractivity contribution is 0.0449. The van der Waals surface area contributed by atoms with Crippen LogP contribution in [0.5, 0.6) is 0 Å². The van der Waals surface area contributed by atoms with Crippen LogP contribution in [0.15, 0.2) is 16.7 Å². The molecule has 1 fully saturated rings. The highest BCUT2D eigenvalue weighted by Crippen LogP contribution is 2.41. The van der Waals surface area contributed by atoms with Gasteiger partial charge >= 0.3 is 0 Å². The largest absolute Gasteiger partial charge is 0.453 e. The second-order valence-corrected chi connectivity index (χ2v) is 5.05. The Balaban J connectivity index is 2.13. The molecular formula is C13H19ClO2. The normalized spacial score (nSPS) is 27.9. The zero-order valence-corrected chi connectivity index (χ0v) is 10.4. The molecule has 3 atom stereocenters. The van der Waals surface area contributed by atoms with Crippen LogP contribution in [0.4, 0.5) is 0 Å². The highest BCUT2D eigenvalue weighted by Gasteiger charge is 2.32. The van der Waals surface area contributed by atoms with Gasteiger partial charge < -0.3 is 9.52 Å². The van der Waals surface area contributed by atoms with Gasteiger partial charge in [0.25, 0.3) is 0 Å². The van der Waals surface area contributed by atoms with E-state index in [0.29, 0.717) is 17.1 Å². The van der Waals surface area contributed by atoms with Crippen molar-refractivity contribution in [1.82, 2.24) is 0 Å². The van der Waals surface area contributed by atoms with Gasteiger partial charge in [-0.25, -0.2) is 0 Å². The molecule has 1 aliphatic rings. The number of halogens is 1. The van der Waals surface area contributed by atoms with Crippen LogP contribution in [0.25, 0.3) is 0 Å². The molecule has 1 saturated carbocycles. The maximum atomic E-state index is 10.4. The van der Waals surface area contributed by atoms with Gasteiger partial charge in [-0.15, -0.1) is 0 Å². The summed E-state index contributed by atoms with van der Waals surface area (Å²) >= 11 is 5.92. The van der Waals surface area contributed by atoms with E-state index in [-0.39, 0.29) is 0 Å². The molecule has 16 heavy (non-hydrogen) atoms. The highest BCUT2D eigenvalue weighted by atomic mass is 35.5. The van der Waals surface area contributed by atoms with Crippen LogP contribution in [0, 0.1) is 11.8 Å². The lowest BCUT2D eigenvalue weighted by Crippen LogP contribution is -2.25. The van der Waals surface area contributed by atoms with Crippen molar-refractivity contribution in [3.8, 4) is 0 Å². The molecule has 0 saturated heterocycles. The van der Waals surface area contributed by atoms with Gasteiger partial charge in [0.1, 0.15) is 0 Å². The number of hydrogen-bond acceptors (Lipinski definition) is 2. The van der Waals surface area contributed by atoms with Gasteiger partial charge in [-0.1, -0.05) is 32.6 Å². The number of aliphatic hydroxyl groups is 1. The molecule has 1 aromatic rings. The first kappa shape index (κ1) is 12.0. The molecule has 0 aliphatic heterocycles. The summed E-state index contributed by atoms with van der Waals surface area (Å²) in [5, 5.41) is 10.7. The Kier molecular flexibility index (Phi) is 3.93. The predicted octanol–water partition coefficient (Wildman–Crippen LogP) is 4.18. The van der Waals surface area contributed by atoms with Crippen molar-refractivity contribution in [3.63, 3.8) is 0 Å². The van der Waals surface area contributed by atoms with E-state index in [0.717, 1.165) is 18.4 Å². The van der Waals surface area contributed by atoms with Gasteiger partial charge in [0.05, 0.1) is 12.4 Å². The molecule has 1 aliphatic carbocycles. The van der Waals surface area contributed by atoms with E-state index in [2.05, 4.69) is 6.92 Å². The number of hydrogen-bond donors (Lipinski definition) is 1. The number of aliphatic hydroxyl groups excluding tert-OH is 1. The van der Waals surface area contributed by atoms with E-state index in [1.807, 2.05) is 0 Å². The van der Waals surface area contributed by atoms with Crippen LogP contribution in [-0.2, 0) is 0 Å². The summed E-state index contributed by atoms with van der Waals surface area (Å²) in [4.78, 5) is 0. The van der Waals surface area contributed by atoms with Crippen molar-refractivity contribution in [1.29, 1.82) is 0 Å². The molecule has 3 heteroatoms. The maximum Gasteiger partial charge on any atom is 0.198 e. The van der Waals surface area contributed by atoms with E-state index >= 15 is 0 Å². The van der Waals surface area contributed by atoms with Crippen LogP contribution in [-0.4, -0.2) is 5.11 Å². The van der Waals surface area contributed by atoms with Gasteiger partial charge in [0, 0.05) is 5.56 Å². The van der Waals surface area contributed by atoms with Crippen molar-refractivity contribution >= 4 is 11.6 Å². The molecule has 0 radical (unpaired) electrons. The van der Waals surface area contributed by atoms with Crippen molar-refractivity contribution in [2.24, 2.45) is 11.8 Å². The molecule has 0 spiro atoms. The molecule has 3 unspecified atom stereocenters. The second kappa shape index (κ2) is 5.24. The third-order valence-electron chi connectivity index (χ3n) is 3.86. The molecule has 2 rings (SSSR count). The Bertz CT molecular complexity index is 334. The van der Waals surface area contributed by atoms with E-state index in [4.69, 9.17) is 16.0 Å². The summed E-state index contributed by atoms with van der Waals surface area (Å²) in [6, 6.07) is 1.79. The molecular weight excluding hydrogens is 224 g/mol. The minimum Gasteiger partial charge on any atom is -0.453 e. The fourth-order valence-electron chi connectivity index (χ4n) is 2.90. The summed E-state index contributed by atoms with van der Waals surface area (Å²) in [6.45, 7) is 2.20. The third kappa shape index (κ3) is 2.28. The first-order chi connectivity index (χ1) is 7.74. The lowest BCUT2D eigenvalue weighted by Gasteiger charge is -2.34. The third-order valence-corrected chi connectivity index (χ3v) is 4.17. The number of furan rings is 1. The first-order valence-electron chi connectivity index (χ1n) is 6.15. The Morgan fingerprint density at radius 1 is 1.50 bits per heavy atom. The highest BCUT2D eigenvalue weighted by molar-refractivity contribution is 6.29. The molecule has 1 N–H and O–H groups in total. The van der Waals surface area contributed by atoms with Crippen LogP contribution >= 0.6 is 11.6 Å². The maximum absolute atomic E-state index is 10.4. The summed E-state index contributed by atoms with van der Waals surface area (Å²) in [6.07, 6.45) is 7.06. The molecule has 0 bridgehead atoms. The topological polar surface area (TPSA) is 33.4 Å². The lowest BCUT2D eigenvalue weighted by atomic mass is 9.74. The fourth-order valence-corrected chi connectivity index (χ4v) is 3.13. The smallest absolute Gasteiger partial charge is 0.198 e. The Hall–Kier alpha value is -0.470. The average molecular weight is 243 g/mol. The summed E-state index contributed by atoms with van der Waals surface area (Å²) < 4.78 is 5.05. The van der Waals surface area contributed by atoms with Crippen LogP contribution < -0.4 is 0 Å². The molecule has 0 amide bonds. The van der Waals surface area contributed by atoms with Gasteiger partial charge in [-0.3, -0.25) is 0 Å². The average Bonchev–Trinajstić information content (AvgIpc) is 2.74. The minimum atomic E-state index is -0.462. The zero-order valence-electron chi connectivity index (χ0n) is 9.66. The minimum absolute atomic E-state index is 0.341. The van der Waals surface area contributed by atoms with Crippen molar-refractivity contribution in [2.45, 2.75) is 45.1 Å². The molecule has 1 aromatic heterocycles. The van der Waals surface area contributed by atoms with E-state index in [1.54, 1.807) is 12.3 Å². The Morgan fingerprint density at radius 3 is 2.88 bits per heavy atom. The van der Waals surface area contributed by atoms with Crippen molar-refractivity contribution in [3.05, 3.63) is 23.1 Å². The monoisotopic (exact) mass is 242 g/mol. The molecule has 90 valence electrons. The Labute approximate surface area is 102 Å². The van der Waals surface area contributed by atoms with Crippen LogP contribution in [0.3, 0.4) is 0 Å². The summed E-state index contributed by atoms with van der Waals surface area (Å²) in [5.41, 5.74) is 0.756. The van der Waals surface area contributed by atoms with Crippen molar-refractivity contribution in [2.75, 3.05) is 0 Å². The van der Waals surface area contributed by atoms with E-state index in [9.17, 15) is 5.11 Å². The van der Waals surface area contributed by atoms with Crippen molar-refractivity contribution < 1.29 is 9.52 Å². The van der Waals surface area contributed by atoms with E-state index in [1.165, 1.54) is 19.3 Å². The second-order valence-electron chi connectivity index (χ2n) is 4.71. The zero-order chi connectivity index (χ0) is 11.5. The van der Waals surface area contributed by atoms with Gasteiger partial charge in [-0.2, -0.15) is 0 Å². The summed E-state index contributed by atoms with van der Waals surface area (Å²) in [5.74, 6) is 0.962. The molecule has 0 aromatic carbocycles. The predicted molar refractivity (Wildman–Crippen MR) is 64.4 cm³/mol. The fraction of sp³-hybridized carbons (Fsp3) is 0.692. The molecule has 1 heterocycles. The number of rotatable bonds is 3. The van der Waals surface area contributed by atoms with Gasteiger partial charge in [0.15, 0.2) is 5.22 Å². The first-order valence-corrected chi connectivity index (χ1v) is 6.52. The van der Waals surface area contributed by atoms with Crippen LogP contribution in [0.1, 0.15) is 50.7 Å². The SMILES string of the molecule is CCC1CCCCC1C(O)c1ccoc1Cl.